The van der Waals surface area contributed by atoms with Crippen LogP contribution in [0.1, 0.15) is 24.8 Å². The number of allylic oxidation sites excluding steroid dienone is 1. The minimum absolute atomic E-state index is 0.00624. The zero-order chi connectivity index (χ0) is 22.5. The van der Waals surface area contributed by atoms with E-state index in [1.54, 1.807) is 27.3 Å². The van der Waals surface area contributed by atoms with Crippen molar-refractivity contribution < 1.29 is 19.4 Å². The summed E-state index contributed by atoms with van der Waals surface area (Å²) in [6.07, 6.45) is 1.58. The Morgan fingerprint density at radius 2 is 1.88 bits per heavy atom. The summed E-state index contributed by atoms with van der Waals surface area (Å²) < 4.78 is 11.0. The van der Waals surface area contributed by atoms with Crippen molar-refractivity contribution in [3.05, 3.63) is 59.3 Å². The predicted octanol–water partition coefficient (Wildman–Crippen LogP) is 3.33. The second-order valence-corrected chi connectivity index (χ2v) is 8.52. The summed E-state index contributed by atoms with van der Waals surface area (Å²) in [5.74, 6) is 1.87. The Labute approximate surface area is 187 Å². The first kappa shape index (κ1) is 20.6. The van der Waals surface area contributed by atoms with Crippen LogP contribution in [0.4, 0.5) is 11.4 Å². The molecule has 7 heteroatoms. The van der Waals surface area contributed by atoms with Gasteiger partial charge in [0.1, 0.15) is 22.9 Å². The Bertz CT molecular complexity index is 1110. The summed E-state index contributed by atoms with van der Waals surface area (Å²) in [4.78, 5) is 20.7. The highest BCUT2D eigenvalue weighted by molar-refractivity contribution is 6.38. The predicted molar refractivity (Wildman–Crippen MR) is 124 cm³/mol. The number of methoxy groups -OCH3 is 2. The fraction of sp³-hybridized carbons (Fsp3) is 0.360. The highest BCUT2D eigenvalue weighted by Crippen LogP contribution is 2.49. The molecule has 1 saturated carbocycles. The van der Waals surface area contributed by atoms with E-state index in [0.29, 0.717) is 48.6 Å². The Balaban J connectivity index is 1.70. The number of aliphatic hydroxyl groups excluding tert-OH is 1. The molecule has 7 nitrogen and oxygen atoms in total. The number of amidine groups is 1. The summed E-state index contributed by atoms with van der Waals surface area (Å²) in [5.41, 5.74) is 3.50. The van der Waals surface area contributed by atoms with Gasteiger partial charge in [-0.3, -0.25) is 9.79 Å². The van der Waals surface area contributed by atoms with E-state index < -0.39 is 11.6 Å². The quantitative estimate of drug-likeness (QED) is 0.723. The number of anilines is 2. The van der Waals surface area contributed by atoms with Gasteiger partial charge in [-0.1, -0.05) is 18.2 Å². The second-order valence-electron chi connectivity index (χ2n) is 8.52. The maximum Gasteiger partial charge on any atom is 0.194 e. The molecule has 1 spiro atoms. The minimum atomic E-state index is -0.884. The molecular formula is C25H27N3O4. The third-order valence-electron chi connectivity index (χ3n) is 6.76. The lowest BCUT2D eigenvalue weighted by Gasteiger charge is -2.34. The number of rotatable bonds is 3. The number of carbonyl (C=O) groups excluding carboxylic acids is 1. The number of ketones is 1. The summed E-state index contributed by atoms with van der Waals surface area (Å²) in [7, 11) is 4.91. The number of aliphatic imine (C=N–C) groups is 1. The zero-order valence-corrected chi connectivity index (χ0v) is 18.5. The molecule has 2 unspecified atom stereocenters. The summed E-state index contributed by atoms with van der Waals surface area (Å²) >= 11 is 0. The molecule has 0 bridgehead atoms. The molecule has 5 rings (SSSR count). The molecule has 2 aromatic rings. The third kappa shape index (κ3) is 2.99. The van der Waals surface area contributed by atoms with E-state index in [0.717, 1.165) is 22.6 Å². The van der Waals surface area contributed by atoms with E-state index in [1.807, 2.05) is 35.2 Å². The van der Waals surface area contributed by atoms with Crippen molar-refractivity contribution in [1.29, 1.82) is 0 Å². The SMILES string of the molecule is CN=C1C(=C2Cc3ccccc3N2)C(=O)C2(CCC(O)C2)N1c1cc(OC)cc(OC)c1. The van der Waals surface area contributed by atoms with Gasteiger partial charge in [0.25, 0.3) is 0 Å². The van der Waals surface area contributed by atoms with Crippen LogP contribution in [0.15, 0.2) is 58.7 Å². The topological polar surface area (TPSA) is 83.4 Å². The van der Waals surface area contributed by atoms with E-state index in [4.69, 9.17) is 9.47 Å². The van der Waals surface area contributed by atoms with E-state index >= 15 is 0 Å². The number of ether oxygens (including phenoxy) is 2. The fourth-order valence-electron chi connectivity index (χ4n) is 5.28. The smallest absolute Gasteiger partial charge is 0.194 e. The molecule has 2 atom stereocenters. The normalized spacial score (nSPS) is 27.9. The molecule has 3 aliphatic rings. The van der Waals surface area contributed by atoms with Gasteiger partial charge in [0.15, 0.2) is 5.78 Å². The molecule has 2 heterocycles. The van der Waals surface area contributed by atoms with Gasteiger partial charge >= 0.3 is 0 Å². The number of Topliss-reactive ketones (excluding diaryl/α,β-unsaturated/α-hetero) is 1. The number of benzene rings is 2. The van der Waals surface area contributed by atoms with Gasteiger partial charge in [-0.25, -0.2) is 0 Å². The van der Waals surface area contributed by atoms with Gasteiger partial charge < -0.3 is 24.8 Å². The molecular weight excluding hydrogens is 406 g/mol. The largest absolute Gasteiger partial charge is 0.497 e. The van der Waals surface area contributed by atoms with E-state index in [-0.39, 0.29) is 5.78 Å². The van der Waals surface area contributed by atoms with E-state index in [2.05, 4.69) is 16.4 Å². The Hall–Kier alpha value is -3.32. The molecule has 1 saturated heterocycles. The van der Waals surface area contributed by atoms with Gasteiger partial charge in [0.2, 0.25) is 0 Å². The number of hydrogen-bond donors (Lipinski definition) is 2. The first-order valence-electron chi connectivity index (χ1n) is 10.8. The van der Waals surface area contributed by atoms with Gasteiger partial charge in [-0.2, -0.15) is 0 Å². The van der Waals surface area contributed by atoms with Crippen molar-refractivity contribution in [2.75, 3.05) is 31.5 Å². The van der Waals surface area contributed by atoms with Crippen LogP contribution in [0, 0.1) is 0 Å². The number of hydrogen-bond acceptors (Lipinski definition) is 6. The van der Waals surface area contributed by atoms with Crippen molar-refractivity contribution >= 4 is 23.0 Å². The maximum absolute atomic E-state index is 14.1. The molecule has 2 fully saturated rings. The lowest BCUT2D eigenvalue weighted by molar-refractivity contribution is -0.119. The Kier molecular flexibility index (Phi) is 4.93. The molecule has 166 valence electrons. The van der Waals surface area contributed by atoms with Crippen LogP contribution < -0.4 is 19.7 Å². The van der Waals surface area contributed by atoms with Crippen LogP contribution in [0.2, 0.25) is 0 Å². The van der Waals surface area contributed by atoms with Gasteiger partial charge in [0, 0.05) is 49.5 Å². The summed E-state index contributed by atoms with van der Waals surface area (Å²) in [6.45, 7) is 0. The molecule has 2 aliphatic heterocycles. The number of fused-ring (bicyclic) bond motifs is 1. The van der Waals surface area contributed by atoms with Crippen molar-refractivity contribution in [3.8, 4) is 11.5 Å². The number of para-hydroxylation sites is 1. The van der Waals surface area contributed by atoms with Crippen LogP contribution in [-0.2, 0) is 11.2 Å². The van der Waals surface area contributed by atoms with Crippen molar-refractivity contribution in [2.45, 2.75) is 37.3 Å². The number of carbonyl (C=O) groups is 1. The summed E-state index contributed by atoms with van der Waals surface area (Å²) in [6, 6.07) is 13.6. The average molecular weight is 434 g/mol. The van der Waals surface area contributed by atoms with Crippen LogP contribution >= 0.6 is 0 Å². The van der Waals surface area contributed by atoms with Crippen LogP contribution in [-0.4, -0.2) is 49.6 Å². The lowest BCUT2D eigenvalue weighted by atomic mass is 9.89. The van der Waals surface area contributed by atoms with Crippen molar-refractivity contribution in [3.63, 3.8) is 0 Å². The standard InChI is InChI=1S/C25H27N3O4/c1-26-24-22(21-10-15-6-4-5-7-20(15)27-21)23(30)25(9-8-17(29)14-25)28(24)16-11-18(31-2)13-19(12-16)32-3/h4-7,11-13,17,27,29H,8-10,14H2,1-3H3. The van der Waals surface area contributed by atoms with E-state index in [9.17, 15) is 9.90 Å². The molecule has 2 aromatic carbocycles. The Morgan fingerprint density at radius 3 is 2.47 bits per heavy atom. The lowest BCUT2D eigenvalue weighted by Crippen LogP contribution is -2.48. The molecule has 0 aromatic heterocycles. The minimum Gasteiger partial charge on any atom is -0.497 e. The molecule has 1 aliphatic carbocycles. The number of nitrogens with one attached hydrogen (secondary N) is 1. The maximum atomic E-state index is 14.1. The number of aliphatic hydroxyl groups is 1. The fourth-order valence-corrected chi connectivity index (χ4v) is 5.28. The van der Waals surface area contributed by atoms with E-state index in [1.165, 1.54) is 0 Å². The third-order valence-corrected chi connectivity index (χ3v) is 6.76. The highest BCUT2D eigenvalue weighted by atomic mass is 16.5. The van der Waals surface area contributed by atoms with Crippen molar-refractivity contribution in [2.24, 2.45) is 4.99 Å². The average Bonchev–Trinajstić information content (AvgIpc) is 3.47. The first-order chi connectivity index (χ1) is 15.5. The second kappa shape index (κ2) is 7.67. The van der Waals surface area contributed by atoms with Gasteiger partial charge in [-0.05, 0) is 24.5 Å². The van der Waals surface area contributed by atoms with Gasteiger partial charge in [-0.15, -0.1) is 0 Å². The zero-order valence-electron chi connectivity index (χ0n) is 18.5. The van der Waals surface area contributed by atoms with Gasteiger partial charge in [0.05, 0.1) is 31.6 Å². The van der Waals surface area contributed by atoms with Crippen LogP contribution in [0.3, 0.4) is 0 Å². The highest BCUT2D eigenvalue weighted by Gasteiger charge is 2.59. The monoisotopic (exact) mass is 433 g/mol. The van der Waals surface area contributed by atoms with Crippen LogP contribution in [0.25, 0.3) is 0 Å². The van der Waals surface area contributed by atoms with Crippen LogP contribution in [0.5, 0.6) is 11.5 Å². The first-order valence-corrected chi connectivity index (χ1v) is 10.8. The summed E-state index contributed by atoms with van der Waals surface area (Å²) in [5, 5.41) is 13.9. The number of nitrogens with zero attached hydrogens (tertiary/aromatic N) is 2. The van der Waals surface area contributed by atoms with Crippen molar-refractivity contribution in [1.82, 2.24) is 0 Å². The molecule has 0 amide bonds. The Morgan fingerprint density at radius 1 is 1.16 bits per heavy atom. The molecule has 2 N–H and O–H groups in total. The molecule has 32 heavy (non-hydrogen) atoms. The molecule has 0 radical (unpaired) electrons.